The monoisotopic (exact) mass is 331 g/mol. The summed E-state index contributed by atoms with van der Waals surface area (Å²) in [5.74, 6) is 0.361. The molecule has 24 heavy (non-hydrogen) atoms. The van der Waals surface area contributed by atoms with Crippen molar-refractivity contribution in [1.29, 1.82) is 0 Å². The van der Waals surface area contributed by atoms with Gasteiger partial charge in [-0.2, -0.15) is 0 Å². The van der Waals surface area contributed by atoms with Gasteiger partial charge in [0.25, 0.3) is 0 Å². The lowest BCUT2D eigenvalue weighted by Crippen LogP contribution is -2.23. The zero-order chi connectivity index (χ0) is 17.2. The first-order valence-electron chi connectivity index (χ1n) is 7.90. The van der Waals surface area contributed by atoms with Gasteiger partial charge in [0.1, 0.15) is 18.2 Å². The Bertz CT molecular complexity index is 661. The van der Waals surface area contributed by atoms with Crippen molar-refractivity contribution >= 4 is 5.91 Å². The molecule has 5 heteroatoms. The van der Waals surface area contributed by atoms with E-state index in [0.29, 0.717) is 31.7 Å². The summed E-state index contributed by atoms with van der Waals surface area (Å²) in [4.78, 5) is 11.9. The summed E-state index contributed by atoms with van der Waals surface area (Å²) in [6.45, 7) is 1.42. The molecule has 0 aliphatic carbocycles. The third kappa shape index (κ3) is 6.01. The molecule has 0 aliphatic heterocycles. The molecular weight excluding hydrogens is 309 g/mol. The third-order valence-electron chi connectivity index (χ3n) is 3.52. The summed E-state index contributed by atoms with van der Waals surface area (Å²) in [6, 6.07) is 14.0. The van der Waals surface area contributed by atoms with Crippen molar-refractivity contribution in [2.45, 2.75) is 19.4 Å². The molecule has 0 atom stereocenters. The van der Waals surface area contributed by atoms with E-state index in [-0.39, 0.29) is 18.1 Å². The number of amides is 1. The lowest BCUT2D eigenvalue weighted by molar-refractivity contribution is -0.121. The smallest absolute Gasteiger partial charge is 0.220 e. The fourth-order valence-corrected chi connectivity index (χ4v) is 2.23. The summed E-state index contributed by atoms with van der Waals surface area (Å²) < 4.78 is 24.0. The number of rotatable bonds is 9. The average molecular weight is 331 g/mol. The van der Waals surface area contributed by atoms with E-state index in [9.17, 15) is 9.18 Å². The quantitative estimate of drug-likeness (QED) is 0.718. The van der Waals surface area contributed by atoms with Gasteiger partial charge in [-0.25, -0.2) is 4.39 Å². The average Bonchev–Trinajstić information content (AvgIpc) is 2.60. The molecule has 2 aromatic rings. The van der Waals surface area contributed by atoms with Gasteiger partial charge in [0.15, 0.2) is 0 Å². The van der Waals surface area contributed by atoms with Crippen LogP contribution >= 0.6 is 0 Å². The van der Waals surface area contributed by atoms with Crippen LogP contribution in [0.4, 0.5) is 4.39 Å². The van der Waals surface area contributed by atoms with Crippen LogP contribution in [-0.2, 0) is 22.5 Å². The van der Waals surface area contributed by atoms with Gasteiger partial charge in [0.2, 0.25) is 5.91 Å². The van der Waals surface area contributed by atoms with Crippen LogP contribution in [0.2, 0.25) is 0 Å². The predicted molar refractivity (Wildman–Crippen MR) is 90.4 cm³/mol. The number of ether oxygens (including phenoxy) is 2. The van der Waals surface area contributed by atoms with E-state index in [1.165, 1.54) is 6.07 Å². The molecule has 0 aromatic heterocycles. The number of benzene rings is 2. The van der Waals surface area contributed by atoms with Gasteiger partial charge < -0.3 is 14.8 Å². The number of methoxy groups -OCH3 is 1. The zero-order valence-electron chi connectivity index (χ0n) is 13.8. The number of nitrogens with one attached hydrogen (secondary N) is 1. The van der Waals surface area contributed by atoms with Gasteiger partial charge in [-0.1, -0.05) is 30.3 Å². The molecule has 0 saturated carbocycles. The fraction of sp³-hybridized carbons (Fsp3) is 0.316. The van der Waals surface area contributed by atoms with Crippen LogP contribution in [0.3, 0.4) is 0 Å². The first-order valence-corrected chi connectivity index (χ1v) is 7.90. The number of halogens is 1. The van der Waals surface area contributed by atoms with E-state index in [2.05, 4.69) is 5.32 Å². The highest BCUT2D eigenvalue weighted by molar-refractivity contribution is 5.76. The summed E-state index contributed by atoms with van der Waals surface area (Å²) >= 11 is 0. The SMILES string of the molecule is COCCOc1cccc(CNC(=O)CCc2ccccc2F)c1. The first kappa shape index (κ1) is 17.9. The highest BCUT2D eigenvalue weighted by Gasteiger charge is 2.06. The molecule has 1 N–H and O–H groups in total. The van der Waals surface area contributed by atoms with E-state index in [1.807, 2.05) is 24.3 Å². The van der Waals surface area contributed by atoms with Crippen LogP contribution in [0.15, 0.2) is 48.5 Å². The number of aryl methyl sites for hydroxylation is 1. The maximum Gasteiger partial charge on any atom is 0.220 e. The van der Waals surface area contributed by atoms with Gasteiger partial charge in [-0.3, -0.25) is 4.79 Å². The topological polar surface area (TPSA) is 47.6 Å². The molecular formula is C19H22FNO3. The maximum atomic E-state index is 13.5. The standard InChI is InChI=1S/C19H22FNO3/c1-23-11-12-24-17-7-4-5-15(13-17)14-21-19(22)10-9-16-6-2-3-8-18(16)20/h2-8,13H,9-12,14H2,1H3,(H,21,22). The summed E-state index contributed by atoms with van der Waals surface area (Å²) in [7, 11) is 1.62. The molecule has 1 amide bonds. The van der Waals surface area contributed by atoms with Crippen LogP contribution in [0.25, 0.3) is 0 Å². The molecule has 0 saturated heterocycles. The predicted octanol–water partition coefficient (Wildman–Crippen LogP) is 3.10. The largest absolute Gasteiger partial charge is 0.491 e. The van der Waals surface area contributed by atoms with Crippen molar-refractivity contribution < 1.29 is 18.7 Å². The first-order chi connectivity index (χ1) is 11.7. The van der Waals surface area contributed by atoms with Gasteiger partial charge in [-0.05, 0) is 35.7 Å². The molecule has 0 unspecified atom stereocenters. The van der Waals surface area contributed by atoms with E-state index in [4.69, 9.17) is 9.47 Å². The minimum Gasteiger partial charge on any atom is -0.491 e. The Labute approximate surface area is 141 Å². The van der Waals surface area contributed by atoms with Crippen LogP contribution in [0.1, 0.15) is 17.5 Å². The molecule has 0 bridgehead atoms. The number of carbonyl (C=O) groups is 1. The Morgan fingerprint density at radius 1 is 1.12 bits per heavy atom. The van der Waals surface area contributed by atoms with Crippen LogP contribution in [0, 0.1) is 5.82 Å². The summed E-state index contributed by atoms with van der Waals surface area (Å²) in [5.41, 5.74) is 1.50. The van der Waals surface area contributed by atoms with E-state index < -0.39 is 0 Å². The van der Waals surface area contributed by atoms with Gasteiger partial charge in [0.05, 0.1) is 6.61 Å². The lowest BCUT2D eigenvalue weighted by Gasteiger charge is -2.09. The maximum absolute atomic E-state index is 13.5. The number of carbonyl (C=O) groups excluding carboxylic acids is 1. The van der Waals surface area contributed by atoms with Crippen molar-refractivity contribution in [2.75, 3.05) is 20.3 Å². The Balaban J connectivity index is 1.77. The molecule has 0 spiro atoms. The molecule has 0 aliphatic rings. The van der Waals surface area contributed by atoms with Gasteiger partial charge >= 0.3 is 0 Å². The fourth-order valence-electron chi connectivity index (χ4n) is 2.23. The second-order valence-electron chi connectivity index (χ2n) is 5.36. The Hall–Kier alpha value is -2.40. The second-order valence-corrected chi connectivity index (χ2v) is 5.36. The number of hydrogen-bond acceptors (Lipinski definition) is 3. The second kappa shape index (κ2) is 9.67. The molecule has 0 radical (unpaired) electrons. The molecule has 2 aromatic carbocycles. The number of hydrogen-bond donors (Lipinski definition) is 1. The summed E-state index contributed by atoms with van der Waals surface area (Å²) in [6.07, 6.45) is 0.642. The van der Waals surface area contributed by atoms with E-state index in [1.54, 1.807) is 25.3 Å². The van der Waals surface area contributed by atoms with Crippen molar-refractivity contribution in [3.8, 4) is 5.75 Å². The van der Waals surface area contributed by atoms with E-state index in [0.717, 1.165) is 11.3 Å². The van der Waals surface area contributed by atoms with Crippen LogP contribution in [0.5, 0.6) is 5.75 Å². The Kier molecular flexibility index (Phi) is 7.23. The van der Waals surface area contributed by atoms with Gasteiger partial charge in [-0.15, -0.1) is 0 Å². The third-order valence-corrected chi connectivity index (χ3v) is 3.52. The van der Waals surface area contributed by atoms with Crippen LogP contribution in [-0.4, -0.2) is 26.2 Å². The van der Waals surface area contributed by atoms with Crippen molar-refractivity contribution in [2.24, 2.45) is 0 Å². The molecule has 0 heterocycles. The molecule has 4 nitrogen and oxygen atoms in total. The van der Waals surface area contributed by atoms with Crippen molar-refractivity contribution in [3.05, 3.63) is 65.5 Å². The summed E-state index contributed by atoms with van der Waals surface area (Å²) in [5, 5.41) is 2.84. The highest BCUT2D eigenvalue weighted by atomic mass is 19.1. The molecule has 0 fully saturated rings. The van der Waals surface area contributed by atoms with Crippen molar-refractivity contribution in [1.82, 2.24) is 5.32 Å². The molecule has 2 rings (SSSR count). The van der Waals surface area contributed by atoms with Gasteiger partial charge in [0, 0.05) is 20.1 Å². The minimum atomic E-state index is -0.272. The normalized spacial score (nSPS) is 10.4. The zero-order valence-corrected chi connectivity index (χ0v) is 13.8. The van der Waals surface area contributed by atoms with Crippen molar-refractivity contribution in [3.63, 3.8) is 0 Å². The minimum absolute atomic E-state index is 0.107. The molecule has 128 valence electrons. The Morgan fingerprint density at radius 2 is 1.96 bits per heavy atom. The van der Waals surface area contributed by atoms with Crippen LogP contribution < -0.4 is 10.1 Å². The Morgan fingerprint density at radius 3 is 2.75 bits per heavy atom. The van der Waals surface area contributed by atoms with E-state index >= 15 is 0 Å². The highest BCUT2D eigenvalue weighted by Crippen LogP contribution is 2.13. The lowest BCUT2D eigenvalue weighted by atomic mass is 10.1.